The van der Waals surface area contributed by atoms with Crippen molar-refractivity contribution in [2.45, 2.75) is 13.3 Å². The van der Waals surface area contributed by atoms with Gasteiger partial charge in [0.15, 0.2) is 0 Å². The van der Waals surface area contributed by atoms with Crippen molar-refractivity contribution in [3.05, 3.63) is 24.8 Å². The highest BCUT2D eigenvalue weighted by atomic mass is 16.5. The number of hydrogen-bond acceptors (Lipinski definition) is 4. The molecule has 0 rings (SSSR count). The van der Waals surface area contributed by atoms with E-state index in [1.165, 1.54) is 6.92 Å². The number of esters is 1. The highest BCUT2D eigenvalue weighted by molar-refractivity contribution is 5.87. The van der Waals surface area contributed by atoms with E-state index in [-0.39, 0.29) is 18.6 Å². The lowest BCUT2D eigenvalue weighted by molar-refractivity contribution is -0.143. The molecule has 0 atom stereocenters. The van der Waals surface area contributed by atoms with Crippen LogP contribution >= 0.6 is 0 Å². The van der Waals surface area contributed by atoms with Gasteiger partial charge in [0.2, 0.25) is 0 Å². The van der Waals surface area contributed by atoms with Gasteiger partial charge in [-0.1, -0.05) is 13.2 Å². The van der Waals surface area contributed by atoms with Gasteiger partial charge in [-0.2, -0.15) is 0 Å². The zero-order valence-corrected chi connectivity index (χ0v) is 8.93. The van der Waals surface area contributed by atoms with Gasteiger partial charge in [-0.15, -0.1) is 0 Å². The Labute approximate surface area is 92.8 Å². The standard InChI is InChI=1S/C7H10O4.C3H4O2/c1-5(2)7(10)11-4-3-6(8)9;1-2-3(4)5/h1,3-4H2,2H3,(H,8,9);2H,1H2,(H,4,5). The van der Waals surface area contributed by atoms with Gasteiger partial charge in [0, 0.05) is 11.6 Å². The SMILES string of the molecule is C=C(C)C(=O)OCCC(=O)O.C=CC(=O)O. The molecule has 0 bridgehead atoms. The Morgan fingerprint density at radius 2 is 1.75 bits per heavy atom. The largest absolute Gasteiger partial charge is 0.481 e. The van der Waals surface area contributed by atoms with Crippen LogP contribution in [0.3, 0.4) is 0 Å². The first-order valence-corrected chi connectivity index (χ1v) is 4.21. The Balaban J connectivity index is 0. The van der Waals surface area contributed by atoms with E-state index >= 15 is 0 Å². The number of carboxylic acid groups (broad SMARTS) is 2. The molecule has 0 saturated heterocycles. The third-order valence-corrected chi connectivity index (χ3v) is 1.07. The van der Waals surface area contributed by atoms with Crippen LogP contribution in [-0.2, 0) is 19.1 Å². The van der Waals surface area contributed by atoms with Gasteiger partial charge in [0.05, 0.1) is 6.42 Å². The first-order chi connectivity index (χ1) is 7.31. The molecule has 0 fully saturated rings. The molecular formula is C10H14O6. The summed E-state index contributed by atoms with van der Waals surface area (Å²) in [7, 11) is 0. The molecule has 0 aliphatic carbocycles. The Morgan fingerprint density at radius 3 is 2.00 bits per heavy atom. The fraction of sp³-hybridized carbons (Fsp3) is 0.300. The van der Waals surface area contributed by atoms with Crippen LogP contribution in [0.2, 0.25) is 0 Å². The highest BCUT2D eigenvalue weighted by Gasteiger charge is 2.03. The molecule has 0 heterocycles. The first kappa shape index (κ1) is 16.3. The number of carbonyl (C=O) groups excluding carboxylic acids is 1. The summed E-state index contributed by atoms with van der Waals surface area (Å²) in [5.41, 5.74) is 0.274. The van der Waals surface area contributed by atoms with Crippen molar-refractivity contribution in [3.8, 4) is 0 Å². The molecule has 2 N–H and O–H groups in total. The van der Waals surface area contributed by atoms with Crippen molar-refractivity contribution in [3.63, 3.8) is 0 Å². The van der Waals surface area contributed by atoms with Gasteiger partial charge in [0.1, 0.15) is 6.61 Å². The van der Waals surface area contributed by atoms with Gasteiger partial charge in [-0.25, -0.2) is 9.59 Å². The molecule has 0 unspecified atom stereocenters. The number of aliphatic carboxylic acids is 2. The Kier molecular flexibility index (Phi) is 9.64. The molecular weight excluding hydrogens is 216 g/mol. The molecule has 0 aliphatic heterocycles. The zero-order chi connectivity index (χ0) is 13.1. The number of hydrogen-bond donors (Lipinski definition) is 2. The number of ether oxygens (including phenoxy) is 1. The summed E-state index contributed by atoms with van der Waals surface area (Å²) in [6.07, 6.45) is 0.666. The van der Waals surface area contributed by atoms with Crippen LogP contribution in [0.5, 0.6) is 0 Å². The third-order valence-electron chi connectivity index (χ3n) is 1.07. The van der Waals surface area contributed by atoms with E-state index in [0.29, 0.717) is 0 Å². The predicted octanol–water partition coefficient (Wildman–Crippen LogP) is 0.837. The molecule has 6 heteroatoms. The van der Waals surface area contributed by atoms with E-state index in [0.717, 1.165) is 6.08 Å². The van der Waals surface area contributed by atoms with Crippen molar-refractivity contribution in [2.24, 2.45) is 0 Å². The summed E-state index contributed by atoms with van der Waals surface area (Å²) in [6, 6.07) is 0. The lowest BCUT2D eigenvalue weighted by Crippen LogP contribution is -2.09. The van der Waals surface area contributed by atoms with Crippen molar-refractivity contribution in [1.82, 2.24) is 0 Å². The molecule has 16 heavy (non-hydrogen) atoms. The van der Waals surface area contributed by atoms with Gasteiger partial charge < -0.3 is 14.9 Å². The van der Waals surface area contributed by atoms with E-state index < -0.39 is 17.9 Å². The molecule has 0 amide bonds. The smallest absolute Gasteiger partial charge is 0.333 e. The van der Waals surface area contributed by atoms with Gasteiger partial charge in [0.25, 0.3) is 0 Å². The van der Waals surface area contributed by atoms with Crippen molar-refractivity contribution < 1.29 is 29.3 Å². The summed E-state index contributed by atoms with van der Waals surface area (Å²) in [4.78, 5) is 29.8. The molecule has 90 valence electrons. The van der Waals surface area contributed by atoms with E-state index in [1.54, 1.807) is 0 Å². The molecule has 0 spiro atoms. The molecule has 0 aromatic rings. The zero-order valence-electron chi connectivity index (χ0n) is 8.93. The number of rotatable bonds is 5. The maximum absolute atomic E-state index is 10.6. The van der Waals surface area contributed by atoms with Crippen molar-refractivity contribution >= 4 is 17.9 Å². The maximum Gasteiger partial charge on any atom is 0.333 e. The van der Waals surface area contributed by atoms with Gasteiger partial charge in [-0.05, 0) is 6.92 Å². The number of carboxylic acids is 2. The molecule has 0 aromatic heterocycles. The van der Waals surface area contributed by atoms with Crippen LogP contribution in [0.15, 0.2) is 24.8 Å². The van der Waals surface area contributed by atoms with Crippen LogP contribution in [0.25, 0.3) is 0 Å². The minimum absolute atomic E-state index is 0.0962. The fourth-order valence-corrected chi connectivity index (χ4v) is 0.354. The summed E-state index contributed by atoms with van der Waals surface area (Å²) in [5.74, 6) is -2.52. The van der Waals surface area contributed by atoms with E-state index in [4.69, 9.17) is 10.2 Å². The minimum atomic E-state index is -0.987. The summed E-state index contributed by atoms with van der Waals surface area (Å²) in [6.45, 7) is 7.70. The molecule has 0 radical (unpaired) electrons. The second-order valence-corrected chi connectivity index (χ2v) is 2.60. The monoisotopic (exact) mass is 230 g/mol. The fourth-order valence-electron chi connectivity index (χ4n) is 0.354. The van der Waals surface area contributed by atoms with Crippen LogP contribution in [0.4, 0.5) is 0 Å². The highest BCUT2D eigenvalue weighted by Crippen LogP contribution is 1.92. The molecule has 0 aromatic carbocycles. The van der Waals surface area contributed by atoms with Crippen molar-refractivity contribution in [2.75, 3.05) is 6.61 Å². The van der Waals surface area contributed by atoms with E-state index in [2.05, 4.69) is 17.9 Å². The van der Waals surface area contributed by atoms with Gasteiger partial charge in [-0.3, -0.25) is 4.79 Å². The predicted molar refractivity (Wildman–Crippen MR) is 55.9 cm³/mol. The average Bonchev–Trinajstić information content (AvgIpc) is 2.17. The van der Waals surface area contributed by atoms with Crippen LogP contribution in [0.1, 0.15) is 13.3 Å². The Morgan fingerprint density at radius 1 is 1.31 bits per heavy atom. The van der Waals surface area contributed by atoms with Crippen molar-refractivity contribution in [1.29, 1.82) is 0 Å². The lowest BCUT2D eigenvalue weighted by atomic mass is 10.4. The Bertz CT molecular complexity index is 292. The third kappa shape index (κ3) is 14.4. The summed E-state index contributed by atoms with van der Waals surface area (Å²) < 4.78 is 4.49. The average molecular weight is 230 g/mol. The minimum Gasteiger partial charge on any atom is -0.481 e. The molecule has 0 aliphatic rings. The van der Waals surface area contributed by atoms with Crippen LogP contribution in [0, 0.1) is 0 Å². The lowest BCUT2D eigenvalue weighted by Gasteiger charge is -2.00. The van der Waals surface area contributed by atoms with Crippen LogP contribution < -0.4 is 0 Å². The second kappa shape index (κ2) is 9.45. The Hall–Kier alpha value is -2.11. The topological polar surface area (TPSA) is 101 Å². The van der Waals surface area contributed by atoms with E-state index in [1.807, 2.05) is 0 Å². The van der Waals surface area contributed by atoms with Gasteiger partial charge >= 0.3 is 17.9 Å². The number of carbonyl (C=O) groups is 3. The van der Waals surface area contributed by atoms with E-state index in [9.17, 15) is 14.4 Å². The second-order valence-electron chi connectivity index (χ2n) is 2.60. The quantitative estimate of drug-likeness (QED) is 0.536. The summed E-state index contributed by atoms with van der Waals surface area (Å²) in [5, 5.41) is 15.8. The normalized spacial score (nSPS) is 8.06. The van der Waals surface area contributed by atoms with Crippen LogP contribution in [-0.4, -0.2) is 34.7 Å². The maximum atomic E-state index is 10.6. The molecule has 0 saturated carbocycles. The first-order valence-electron chi connectivity index (χ1n) is 4.21. The summed E-state index contributed by atoms with van der Waals surface area (Å²) >= 11 is 0. The molecule has 6 nitrogen and oxygen atoms in total.